The predicted octanol–water partition coefficient (Wildman–Crippen LogP) is 1.05. The molecule has 0 heterocycles. The molecule has 0 spiro atoms. The average molecular weight is 220 g/mol. The zero-order valence-electron chi connectivity index (χ0n) is 6.39. The van der Waals surface area contributed by atoms with E-state index in [0.29, 0.717) is 6.92 Å². The van der Waals surface area contributed by atoms with Crippen LogP contribution < -0.4 is 9.79 Å². The van der Waals surface area contributed by atoms with E-state index in [1.54, 1.807) is 0 Å². The van der Waals surface area contributed by atoms with Gasteiger partial charge in [-0.3, -0.25) is 0 Å². The van der Waals surface area contributed by atoms with Crippen LogP contribution in [0.15, 0.2) is 11.1 Å². The number of alkyl halides is 3. The minimum Gasteiger partial charge on any atom is -0.808 e. The summed E-state index contributed by atoms with van der Waals surface area (Å²) in [5, 5.41) is -1.40. The van der Waals surface area contributed by atoms with Crippen LogP contribution in [0.4, 0.5) is 17.6 Å². The summed E-state index contributed by atoms with van der Waals surface area (Å²) in [7, 11) is -5.39. The summed E-state index contributed by atoms with van der Waals surface area (Å²) in [6.07, 6.45) is -6.90. The molecule has 0 aliphatic carbocycles. The fraction of sp³-hybridized carbons (Fsp3) is 0.600. The predicted molar refractivity (Wildman–Crippen MR) is 32.1 cm³/mol. The molecular formula is C5H5F4O3P-2. The van der Waals surface area contributed by atoms with E-state index >= 15 is 0 Å². The Kier molecular flexibility index (Phi) is 3.66. The van der Waals surface area contributed by atoms with Gasteiger partial charge in [-0.25, -0.2) is 4.39 Å². The fourth-order valence-electron chi connectivity index (χ4n) is 0.452. The van der Waals surface area contributed by atoms with Crippen LogP contribution in [0, 0.1) is 0 Å². The lowest BCUT2D eigenvalue weighted by molar-refractivity contribution is -0.310. The second kappa shape index (κ2) is 3.77. The van der Waals surface area contributed by atoms with Crippen molar-refractivity contribution in [3.63, 3.8) is 0 Å². The summed E-state index contributed by atoms with van der Waals surface area (Å²) >= 11 is 0. The standard InChI is InChI=1S/C5H7F4O3P/c1-3(13(10,11)12)4(6)2-5(7,8)9/h2H2,1H3,(H2,10,11,12)/p-2. The van der Waals surface area contributed by atoms with Crippen LogP contribution in [-0.4, -0.2) is 6.18 Å². The molecule has 0 N–H and O–H groups in total. The zero-order valence-corrected chi connectivity index (χ0v) is 7.29. The van der Waals surface area contributed by atoms with Gasteiger partial charge in [0.1, 0.15) is 5.83 Å². The molecule has 0 aromatic rings. The van der Waals surface area contributed by atoms with E-state index in [2.05, 4.69) is 0 Å². The van der Waals surface area contributed by atoms with Crippen molar-refractivity contribution in [1.29, 1.82) is 0 Å². The van der Waals surface area contributed by atoms with Gasteiger partial charge in [-0.05, 0) is 19.8 Å². The Bertz CT molecular complexity index is 263. The van der Waals surface area contributed by atoms with Crippen molar-refractivity contribution in [2.45, 2.75) is 19.5 Å². The number of rotatable bonds is 2. The van der Waals surface area contributed by atoms with E-state index in [0.717, 1.165) is 0 Å². The van der Waals surface area contributed by atoms with Crippen LogP contribution in [0.3, 0.4) is 0 Å². The molecule has 0 aromatic carbocycles. The van der Waals surface area contributed by atoms with Gasteiger partial charge in [-0.1, -0.05) is 0 Å². The number of halogens is 4. The van der Waals surface area contributed by atoms with Gasteiger partial charge in [-0.15, -0.1) is 0 Å². The number of hydrogen-bond donors (Lipinski definition) is 0. The van der Waals surface area contributed by atoms with E-state index in [1.807, 2.05) is 0 Å². The minimum atomic E-state index is -5.39. The molecule has 0 rings (SSSR count). The molecule has 78 valence electrons. The zero-order chi connectivity index (χ0) is 10.9. The molecule has 0 fully saturated rings. The van der Waals surface area contributed by atoms with Gasteiger partial charge in [0.15, 0.2) is 0 Å². The molecule has 0 aliphatic heterocycles. The quantitative estimate of drug-likeness (QED) is 0.516. The normalized spacial score (nSPS) is 15.6. The third-order valence-electron chi connectivity index (χ3n) is 1.16. The molecule has 0 saturated heterocycles. The van der Waals surface area contributed by atoms with Crippen LogP contribution >= 0.6 is 7.60 Å². The topological polar surface area (TPSA) is 63.2 Å². The largest absolute Gasteiger partial charge is 0.808 e. The highest BCUT2D eigenvalue weighted by Crippen LogP contribution is 2.40. The SMILES string of the molecule is CC(=C(F)CC(F)(F)F)P(=O)([O-])[O-]. The van der Waals surface area contributed by atoms with Gasteiger partial charge in [0.25, 0.3) is 0 Å². The Labute approximate surface area is 71.2 Å². The maximum atomic E-state index is 12.4. The van der Waals surface area contributed by atoms with Crippen LogP contribution in [0.1, 0.15) is 13.3 Å². The Morgan fingerprint density at radius 1 is 1.38 bits per heavy atom. The fourth-order valence-corrected chi connectivity index (χ4v) is 0.829. The highest BCUT2D eigenvalue weighted by molar-refractivity contribution is 7.53. The van der Waals surface area contributed by atoms with Gasteiger partial charge in [0.2, 0.25) is 0 Å². The molecule has 0 unspecified atom stereocenters. The molecule has 0 atom stereocenters. The number of hydrogen-bond acceptors (Lipinski definition) is 3. The van der Waals surface area contributed by atoms with Crippen molar-refractivity contribution in [3.8, 4) is 0 Å². The maximum Gasteiger partial charge on any atom is 0.395 e. The van der Waals surface area contributed by atoms with Crippen molar-refractivity contribution < 1.29 is 31.9 Å². The molecule has 13 heavy (non-hydrogen) atoms. The first kappa shape index (κ1) is 12.6. The Hall–Kier alpha value is -0.390. The van der Waals surface area contributed by atoms with E-state index in [4.69, 9.17) is 0 Å². The highest BCUT2D eigenvalue weighted by Gasteiger charge is 2.30. The van der Waals surface area contributed by atoms with E-state index < -0.39 is 31.3 Å². The minimum absolute atomic E-state index is 0.502. The molecule has 8 heteroatoms. The third kappa shape index (κ3) is 5.02. The van der Waals surface area contributed by atoms with Gasteiger partial charge in [-0.2, -0.15) is 13.2 Å². The van der Waals surface area contributed by atoms with Crippen molar-refractivity contribution in [2.24, 2.45) is 0 Å². The van der Waals surface area contributed by atoms with Gasteiger partial charge < -0.3 is 14.4 Å². The van der Waals surface area contributed by atoms with Crippen LogP contribution in [0.5, 0.6) is 0 Å². The van der Waals surface area contributed by atoms with Gasteiger partial charge in [0.05, 0.1) is 6.42 Å². The van der Waals surface area contributed by atoms with Gasteiger partial charge >= 0.3 is 6.18 Å². The molecule has 0 aliphatic rings. The van der Waals surface area contributed by atoms with Crippen LogP contribution in [0.2, 0.25) is 0 Å². The Morgan fingerprint density at radius 3 is 2.00 bits per heavy atom. The molecular weight excluding hydrogens is 215 g/mol. The molecule has 0 radical (unpaired) electrons. The lowest BCUT2D eigenvalue weighted by Gasteiger charge is -2.30. The summed E-state index contributed by atoms with van der Waals surface area (Å²) in [5.41, 5.74) is 0. The highest BCUT2D eigenvalue weighted by atomic mass is 31.2. The summed E-state index contributed by atoms with van der Waals surface area (Å²) in [6.45, 7) is 0.502. The summed E-state index contributed by atoms with van der Waals surface area (Å²) in [5.74, 6) is -1.96. The van der Waals surface area contributed by atoms with Crippen molar-refractivity contribution in [1.82, 2.24) is 0 Å². The Balaban J connectivity index is 4.76. The summed E-state index contributed by atoms with van der Waals surface area (Å²) < 4.78 is 56.9. The molecule has 0 bridgehead atoms. The summed E-state index contributed by atoms with van der Waals surface area (Å²) in [4.78, 5) is 20.1. The second-order valence-corrected chi connectivity index (χ2v) is 3.95. The van der Waals surface area contributed by atoms with E-state index in [-0.39, 0.29) is 0 Å². The van der Waals surface area contributed by atoms with Gasteiger partial charge in [0, 0.05) is 0 Å². The monoisotopic (exact) mass is 220 g/mol. The van der Waals surface area contributed by atoms with Crippen LogP contribution in [-0.2, 0) is 4.57 Å². The van der Waals surface area contributed by atoms with Crippen molar-refractivity contribution in [3.05, 3.63) is 11.1 Å². The first-order valence-corrected chi connectivity index (χ1v) is 4.53. The number of allylic oxidation sites excluding steroid dienone is 2. The lowest BCUT2D eigenvalue weighted by atomic mass is 10.3. The first-order valence-electron chi connectivity index (χ1n) is 2.98. The van der Waals surface area contributed by atoms with Crippen molar-refractivity contribution in [2.75, 3.05) is 0 Å². The molecule has 3 nitrogen and oxygen atoms in total. The molecule has 0 amide bonds. The third-order valence-corrected chi connectivity index (χ3v) is 2.22. The lowest BCUT2D eigenvalue weighted by Crippen LogP contribution is -2.16. The van der Waals surface area contributed by atoms with Crippen molar-refractivity contribution >= 4 is 7.60 Å². The Morgan fingerprint density at radius 2 is 1.77 bits per heavy atom. The van der Waals surface area contributed by atoms with E-state index in [1.165, 1.54) is 0 Å². The maximum absolute atomic E-state index is 12.4. The molecule has 0 saturated carbocycles. The second-order valence-electron chi connectivity index (χ2n) is 2.28. The smallest absolute Gasteiger partial charge is 0.395 e. The first-order chi connectivity index (χ1) is 5.54. The van der Waals surface area contributed by atoms with Crippen LogP contribution in [0.25, 0.3) is 0 Å². The summed E-state index contributed by atoms with van der Waals surface area (Å²) in [6, 6.07) is 0. The average Bonchev–Trinajstić information content (AvgIpc) is 1.79. The van der Waals surface area contributed by atoms with E-state index in [9.17, 15) is 31.9 Å². The molecule has 0 aromatic heterocycles.